The van der Waals surface area contributed by atoms with Crippen LogP contribution in [0.4, 0.5) is 0 Å². The fraction of sp³-hybridized carbons (Fsp3) is 0.0556. The molecule has 0 saturated heterocycles. The molecule has 186 valence electrons. The number of nitrogens with zero attached hydrogens (tertiary/aromatic N) is 1. The molecule has 1 aliphatic rings. The molecule has 6 aromatic carbocycles. The number of ether oxygens (including phenoxy) is 1. The Balaban J connectivity index is 1.31. The molecule has 0 atom stereocenters. The Bertz CT molecular complexity index is 1880. The molecule has 1 heterocycles. The molecular formula is C36H25NO2. The number of allylic oxidation sites excluding steroid dienone is 1. The molecule has 0 bridgehead atoms. The van der Waals surface area contributed by atoms with Gasteiger partial charge in [0.1, 0.15) is 0 Å². The summed E-state index contributed by atoms with van der Waals surface area (Å²) >= 11 is 0. The molecule has 0 aliphatic carbocycles. The normalized spacial score (nSPS) is 12.6. The van der Waals surface area contributed by atoms with Crippen LogP contribution in [0, 0.1) is 0 Å². The van der Waals surface area contributed by atoms with Gasteiger partial charge in [0.2, 0.25) is 0 Å². The van der Waals surface area contributed by atoms with E-state index in [4.69, 9.17) is 4.74 Å². The van der Waals surface area contributed by atoms with Crippen LogP contribution >= 0.6 is 0 Å². The van der Waals surface area contributed by atoms with E-state index in [1.165, 1.54) is 21.7 Å². The number of hydrogen-bond acceptors (Lipinski definition) is 3. The van der Waals surface area contributed by atoms with Gasteiger partial charge in [-0.15, -0.1) is 0 Å². The summed E-state index contributed by atoms with van der Waals surface area (Å²) in [6.45, 7) is 0. The number of carbonyl (C=O) groups excluding carboxylic acids is 1. The number of fused-ring (bicyclic) bond motifs is 7. The fourth-order valence-corrected chi connectivity index (χ4v) is 5.62. The van der Waals surface area contributed by atoms with Crippen LogP contribution in [0.2, 0.25) is 0 Å². The monoisotopic (exact) mass is 503 g/mol. The maximum absolute atomic E-state index is 13.5. The number of carbonyl (C=O) groups is 1. The minimum Gasteiger partial charge on any atom is -0.449 e. The van der Waals surface area contributed by atoms with Gasteiger partial charge in [-0.1, -0.05) is 109 Å². The molecule has 0 N–H and O–H groups in total. The highest BCUT2D eigenvalue weighted by Gasteiger charge is 2.20. The Morgan fingerprint density at radius 3 is 2.05 bits per heavy atom. The van der Waals surface area contributed by atoms with Crippen molar-refractivity contribution < 1.29 is 9.53 Å². The SMILES string of the molecule is O=C(OC(c1ccccc1)c1ccccc1)c1ccc2ccc3c4ccc5c(c4ccc3c2c1)CC=CN=C5. The third kappa shape index (κ3) is 4.18. The van der Waals surface area contributed by atoms with E-state index in [1.807, 2.05) is 91.3 Å². The van der Waals surface area contributed by atoms with E-state index in [1.54, 1.807) is 0 Å². The molecule has 0 spiro atoms. The van der Waals surface area contributed by atoms with Crippen LogP contribution in [0.25, 0.3) is 32.3 Å². The molecule has 0 radical (unpaired) electrons. The van der Waals surface area contributed by atoms with Crippen molar-refractivity contribution in [2.45, 2.75) is 12.5 Å². The van der Waals surface area contributed by atoms with Gasteiger partial charge in [-0.2, -0.15) is 0 Å². The third-order valence-corrected chi connectivity index (χ3v) is 7.56. The van der Waals surface area contributed by atoms with Crippen molar-refractivity contribution in [3.05, 3.63) is 155 Å². The molecule has 0 amide bonds. The zero-order valence-corrected chi connectivity index (χ0v) is 21.2. The molecule has 1 aliphatic heterocycles. The summed E-state index contributed by atoms with van der Waals surface area (Å²) in [4.78, 5) is 17.9. The first-order valence-corrected chi connectivity index (χ1v) is 13.2. The quantitative estimate of drug-likeness (QED) is 0.178. The standard InChI is InChI=1S/C36H25NO2/c38-36(39-35(25-8-3-1-4-9-25)26-10-5-2-6-11-26)27-14-13-24-15-17-32-31-18-16-28-23-37-21-7-12-29(28)30(31)19-20-33(32)34(24)22-27/h1-11,13-23,35H,12H2. The highest BCUT2D eigenvalue weighted by molar-refractivity contribution is 6.19. The number of esters is 1. The van der Waals surface area contributed by atoms with Crippen molar-refractivity contribution in [1.29, 1.82) is 0 Å². The molecule has 39 heavy (non-hydrogen) atoms. The second-order valence-electron chi connectivity index (χ2n) is 9.86. The zero-order chi connectivity index (χ0) is 26.2. The molecule has 7 rings (SSSR count). The molecule has 0 aromatic heterocycles. The van der Waals surface area contributed by atoms with Gasteiger partial charge >= 0.3 is 5.97 Å². The summed E-state index contributed by atoms with van der Waals surface area (Å²) in [5.74, 6) is -0.344. The summed E-state index contributed by atoms with van der Waals surface area (Å²) in [6.07, 6.45) is 6.26. The van der Waals surface area contributed by atoms with E-state index in [0.29, 0.717) is 5.56 Å². The lowest BCUT2D eigenvalue weighted by atomic mass is 9.91. The third-order valence-electron chi connectivity index (χ3n) is 7.56. The van der Waals surface area contributed by atoms with Crippen LogP contribution in [0.5, 0.6) is 0 Å². The highest BCUT2D eigenvalue weighted by Crippen LogP contribution is 2.35. The van der Waals surface area contributed by atoms with Crippen molar-refractivity contribution in [2.75, 3.05) is 0 Å². The van der Waals surface area contributed by atoms with Gasteiger partial charge < -0.3 is 4.74 Å². The van der Waals surface area contributed by atoms with Crippen molar-refractivity contribution >= 4 is 44.5 Å². The van der Waals surface area contributed by atoms with Crippen LogP contribution in [0.15, 0.2) is 133 Å². The van der Waals surface area contributed by atoms with Crippen molar-refractivity contribution in [3.8, 4) is 0 Å². The van der Waals surface area contributed by atoms with Crippen molar-refractivity contribution in [3.63, 3.8) is 0 Å². The predicted octanol–water partition coefficient (Wildman–Crippen LogP) is 8.58. The number of hydrogen-bond donors (Lipinski definition) is 0. The minimum atomic E-state index is -0.486. The smallest absolute Gasteiger partial charge is 0.339 e. The largest absolute Gasteiger partial charge is 0.449 e. The maximum atomic E-state index is 13.5. The van der Waals surface area contributed by atoms with E-state index < -0.39 is 6.10 Å². The topological polar surface area (TPSA) is 38.7 Å². The maximum Gasteiger partial charge on any atom is 0.339 e. The van der Waals surface area contributed by atoms with Gasteiger partial charge in [0.15, 0.2) is 6.10 Å². The van der Waals surface area contributed by atoms with Gasteiger partial charge in [-0.25, -0.2) is 4.79 Å². The van der Waals surface area contributed by atoms with E-state index in [9.17, 15) is 4.79 Å². The first-order chi connectivity index (χ1) is 19.3. The van der Waals surface area contributed by atoms with Crippen LogP contribution in [-0.4, -0.2) is 12.2 Å². The number of aliphatic imine (C=N–C) groups is 1. The zero-order valence-electron chi connectivity index (χ0n) is 21.2. The second kappa shape index (κ2) is 9.70. The summed E-state index contributed by atoms with van der Waals surface area (Å²) in [6, 6.07) is 38.6. The second-order valence-corrected chi connectivity index (χ2v) is 9.86. The Labute approximate surface area is 226 Å². The minimum absolute atomic E-state index is 0.344. The van der Waals surface area contributed by atoms with Crippen LogP contribution < -0.4 is 0 Å². The van der Waals surface area contributed by atoms with Crippen LogP contribution in [-0.2, 0) is 11.2 Å². The number of benzene rings is 6. The van der Waals surface area contributed by atoms with E-state index in [2.05, 4.69) is 47.5 Å². The average Bonchev–Trinajstić information content (AvgIpc) is 3.26. The molecular weight excluding hydrogens is 478 g/mol. The van der Waals surface area contributed by atoms with Gasteiger partial charge in [-0.05, 0) is 73.1 Å². The van der Waals surface area contributed by atoms with Crippen molar-refractivity contribution in [2.24, 2.45) is 4.99 Å². The molecule has 0 saturated carbocycles. The first kappa shape index (κ1) is 23.1. The van der Waals surface area contributed by atoms with Gasteiger partial charge in [-0.3, -0.25) is 4.99 Å². The lowest BCUT2D eigenvalue weighted by Crippen LogP contribution is -2.13. The van der Waals surface area contributed by atoms with Crippen LogP contribution in [0.3, 0.4) is 0 Å². The molecule has 6 aromatic rings. The lowest BCUT2D eigenvalue weighted by Gasteiger charge is -2.19. The van der Waals surface area contributed by atoms with Gasteiger partial charge in [0, 0.05) is 12.4 Å². The summed E-state index contributed by atoms with van der Waals surface area (Å²) < 4.78 is 6.16. The molecule has 3 heteroatoms. The average molecular weight is 504 g/mol. The summed E-state index contributed by atoms with van der Waals surface area (Å²) in [5, 5.41) is 6.86. The van der Waals surface area contributed by atoms with Gasteiger partial charge in [0.05, 0.1) is 5.56 Å². The van der Waals surface area contributed by atoms with E-state index >= 15 is 0 Å². The van der Waals surface area contributed by atoms with Crippen LogP contribution in [0.1, 0.15) is 38.7 Å². The summed E-state index contributed by atoms with van der Waals surface area (Å²) in [7, 11) is 0. The summed E-state index contributed by atoms with van der Waals surface area (Å²) in [5.41, 5.74) is 4.86. The van der Waals surface area contributed by atoms with E-state index in [0.717, 1.165) is 39.3 Å². The Morgan fingerprint density at radius 1 is 0.667 bits per heavy atom. The Hall–Kier alpha value is -5.02. The van der Waals surface area contributed by atoms with E-state index in [-0.39, 0.29) is 5.97 Å². The van der Waals surface area contributed by atoms with Gasteiger partial charge in [0.25, 0.3) is 0 Å². The lowest BCUT2D eigenvalue weighted by molar-refractivity contribution is 0.0378. The fourth-order valence-electron chi connectivity index (χ4n) is 5.62. The Kier molecular flexibility index (Phi) is 5.75. The molecule has 0 unspecified atom stereocenters. The Morgan fingerprint density at radius 2 is 1.28 bits per heavy atom. The predicted molar refractivity (Wildman–Crippen MR) is 160 cm³/mol. The highest BCUT2D eigenvalue weighted by atomic mass is 16.5. The van der Waals surface area contributed by atoms with Crippen molar-refractivity contribution in [1.82, 2.24) is 0 Å². The molecule has 0 fully saturated rings. The first-order valence-electron chi connectivity index (χ1n) is 13.2. The molecule has 3 nitrogen and oxygen atoms in total. The number of rotatable bonds is 4.